The minimum absolute atomic E-state index is 0. The van der Waals surface area contributed by atoms with Crippen molar-refractivity contribution in [1.29, 1.82) is 0 Å². The molecule has 0 amide bonds. The number of hydrogen-bond acceptors (Lipinski definition) is 3. The molecule has 0 atom stereocenters. The number of sulfonamides is 1. The Balaban J connectivity index is 0.00000420. The van der Waals surface area contributed by atoms with Crippen LogP contribution < -0.4 is 10.6 Å². The lowest BCUT2D eigenvalue weighted by Crippen LogP contribution is -2.47. The summed E-state index contributed by atoms with van der Waals surface area (Å²) in [6.07, 6.45) is 0.749. The highest BCUT2D eigenvalue weighted by Crippen LogP contribution is 2.30. The predicted molar refractivity (Wildman–Crippen MR) is 119 cm³/mol. The van der Waals surface area contributed by atoms with E-state index in [2.05, 4.69) is 21.7 Å². The van der Waals surface area contributed by atoms with Crippen LogP contribution in [0.3, 0.4) is 0 Å². The van der Waals surface area contributed by atoms with Crippen LogP contribution in [-0.4, -0.2) is 50.4 Å². The molecular weight excluding hydrogens is 520 g/mol. The monoisotopic (exact) mass is 548 g/mol. The zero-order valence-corrected chi connectivity index (χ0v) is 19.6. The SMILES string of the molecule is CCNC(=NCc1cccc(C)c1)NCC1CCN(S(=O)(=O)C(F)(F)F)CC1.I. The van der Waals surface area contributed by atoms with Crippen molar-refractivity contribution in [3.8, 4) is 0 Å². The molecule has 1 aliphatic rings. The van der Waals surface area contributed by atoms with Crippen LogP contribution in [0.5, 0.6) is 0 Å². The first kappa shape index (κ1) is 26.0. The fourth-order valence-electron chi connectivity index (χ4n) is 3.06. The maximum atomic E-state index is 12.6. The number of aryl methyl sites for hydroxylation is 1. The molecule has 0 saturated carbocycles. The molecular formula is C18H28F3IN4O2S. The van der Waals surface area contributed by atoms with Gasteiger partial charge in [-0.05, 0) is 38.2 Å². The Hall–Kier alpha value is -1.08. The van der Waals surface area contributed by atoms with Crippen molar-refractivity contribution in [2.24, 2.45) is 10.9 Å². The molecule has 1 aromatic rings. The summed E-state index contributed by atoms with van der Waals surface area (Å²) in [5.41, 5.74) is -2.99. The van der Waals surface area contributed by atoms with Gasteiger partial charge < -0.3 is 10.6 Å². The van der Waals surface area contributed by atoms with Gasteiger partial charge in [0.15, 0.2) is 5.96 Å². The second-order valence-electron chi connectivity index (χ2n) is 6.86. The van der Waals surface area contributed by atoms with E-state index in [1.165, 1.54) is 0 Å². The number of nitrogens with one attached hydrogen (secondary N) is 2. The minimum Gasteiger partial charge on any atom is -0.357 e. The van der Waals surface area contributed by atoms with Crippen molar-refractivity contribution in [1.82, 2.24) is 14.9 Å². The van der Waals surface area contributed by atoms with E-state index in [1.807, 2.05) is 32.0 Å². The van der Waals surface area contributed by atoms with Crippen LogP contribution in [0.25, 0.3) is 0 Å². The highest BCUT2D eigenvalue weighted by molar-refractivity contribution is 14.0. The van der Waals surface area contributed by atoms with Crippen molar-refractivity contribution in [2.75, 3.05) is 26.2 Å². The summed E-state index contributed by atoms with van der Waals surface area (Å²) in [5, 5.41) is 6.35. The van der Waals surface area contributed by atoms with Crippen molar-refractivity contribution in [2.45, 2.75) is 38.7 Å². The fourth-order valence-corrected chi connectivity index (χ4v) is 4.05. The summed E-state index contributed by atoms with van der Waals surface area (Å²) in [7, 11) is -5.23. The van der Waals surface area contributed by atoms with Gasteiger partial charge in [-0.3, -0.25) is 0 Å². The van der Waals surface area contributed by atoms with Crippen LogP contribution in [-0.2, 0) is 16.6 Å². The summed E-state index contributed by atoms with van der Waals surface area (Å²) < 4.78 is 61.4. The summed E-state index contributed by atoms with van der Waals surface area (Å²) >= 11 is 0. The van der Waals surface area contributed by atoms with Gasteiger partial charge in [0.05, 0.1) is 6.54 Å². The molecule has 2 N–H and O–H groups in total. The molecule has 0 aliphatic carbocycles. The van der Waals surface area contributed by atoms with Crippen LogP contribution in [0.4, 0.5) is 13.2 Å². The lowest BCUT2D eigenvalue weighted by molar-refractivity contribution is -0.0496. The normalized spacial score (nSPS) is 16.9. The molecule has 11 heteroatoms. The zero-order valence-electron chi connectivity index (χ0n) is 16.5. The Labute approximate surface area is 187 Å². The standard InChI is InChI=1S/C18H27F3N4O2S.HI/c1-3-22-17(24-13-16-6-4-5-14(2)11-16)23-12-15-7-9-25(10-8-15)28(26,27)18(19,20)21;/h4-6,11,15H,3,7-10,12-13H2,1-2H3,(H2,22,23,24);1H. The lowest BCUT2D eigenvalue weighted by Gasteiger charge is -2.31. The van der Waals surface area contributed by atoms with E-state index in [-0.39, 0.29) is 43.0 Å². The smallest absolute Gasteiger partial charge is 0.357 e. The number of nitrogens with zero attached hydrogens (tertiary/aromatic N) is 2. The first-order valence-electron chi connectivity index (χ1n) is 9.27. The Morgan fingerprint density at radius 3 is 2.45 bits per heavy atom. The second-order valence-corrected chi connectivity index (χ2v) is 8.79. The average molecular weight is 548 g/mol. The molecule has 1 heterocycles. The summed E-state index contributed by atoms with van der Waals surface area (Å²) in [4.78, 5) is 4.54. The summed E-state index contributed by atoms with van der Waals surface area (Å²) in [5.74, 6) is 0.719. The minimum atomic E-state index is -5.24. The summed E-state index contributed by atoms with van der Waals surface area (Å²) in [6, 6.07) is 8.05. The van der Waals surface area contributed by atoms with Crippen LogP contribution in [0.15, 0.2) is 29.3 Å². The summed E-state index contributed by atoms with van der Waals surface area (Å²) in [6.45, 7) is 5.45. The lowest BCUT2D eigenvalue weighted by atomic mass is 9.98. The van der Waals surface area contributed by atoms with Gasteiger partial charge in [-0.15, -0.1) is 24.0 Å². The van der Waals surface area contributed by atoms with E-state index in [9.17, 15) is 21.6 Å². The Kier molecular flexibility index (Phi) is 10.2. The van der Waals surface area contributed by atoms with Gasteiger partial charge in [-0.25, -0.2) is 13.4 Å². The molecule has 6 nitrogen and oxygen atoms in total. The number of piperidine rings is 1. The fraction of sp³-hybridized carbons (Fsp3) is 0.611. The molecule has 0 bridgehead atoms. The predicted octanol–water partition coefficient (Wildman–Crippen LogP) is 3.23. The number of halogens is 4. The number of alkyl halides is 3. The second kappa shape index (κ2) is 11.3. The van der Waals surface area contributed by atoms with Crippen LogP contribution in [0.1, 0.15) is 30.9 Å². The molecule has 1 saturated heterocycles. The van der Waals surface area contributed by atoms with Gasteiger partial charge in [0.25, 0.3) is 0 Å². The van der Waals surface area contributed by atoms with Gasteiger partial charge in [-0.1, -0.05) is 29.8 Å². The third-order valence-electron chi connectivity index (χ3n) is 4.61. The number of benzene rings is 1. The topological polar surface area (TPSA) is 73.8 Å². The van der Waals surface area contributed by atoms with Crippen molar-refractivity contribution in [3.63, 3.8) is 0 Å². The first-order valence-corrected chi connectivity index (χ1v) is 10.7. The van der Waals surface area contributed by atoms with Crippen LogP contribution >= 0.6 is 24.0 Å². The van der Waals surface area contributed by atoms with Crippen molar-refractivity contribution >= 4 is 40.0 Å². The maximum Gasteiger partial charge on any atom is 0.511 e. The highest BCUT2D eigenvalue weighted by atomic mass is 127. The largest absolute Gasteiger partial charge is 0.511 e. The van der Waals surface area contributed by atoms with Crippen molar-refractivity contribution < 1.29 is 21.6 Å². The highest BCUT2D eigenvalue weighted by Gasteiger charge is 2.50. The number of hydrogen-bond donors (Lipinski definition) is 2. The molecule has 29 heavy (non-hydrogen) atoms. The quantitative estimate of drug-likeness (QED) is 0.326. The molecule has 0 spiro atoms. The van der Waals surface area contributed by atoms with E-state index in [0.29, 0.717) is 42.7 Å². The van der Waals surface area contributed by atoms with Crippen LogP contribution in [0, 0.1) is 12.8 Å². The van der Waals surface area contributed by atoms with Gasteiger partial charge in [0, 0.05) is 26.2 Å². The third-order valence-corrected chi connectivity index (χ3v) is 6.24. The van der Waals surface area contributed by atoms with Gasteiger partial charge in [-0.2, -0.15) is 17.5 Å². The molecule has 0 aromatic heterocycles. The number of guanidine groups is 1. The Bertz CT molecular complexity index is 780. The van der Waals surface area contributed by atoms with Gasteiger partial charge in [0.2, 0.25) is 0 Å². The van der Waals surface area contributed by atoms with E-state index in [0.717, 1.165) is 11.1 Å². The number of aliphatic imine (C=N–C) groups is 1. The van der Waals surface area contributed by atoms with Crippen LogP contribution in [0.2, 0.25) is 0 Å². The molecule has 2 rings (SSSR count). The maximum absolute atomic E-state index is 12.6. The first-order chi connectivity index (χ1) is 13.1. The Morgan fingerprint density at radius 1 is 1.24 bits per heavy atom. The third kappa shape index (κ3) is 7.59. The number of rotatable bonds is 6. The Morgan fingerprint density at radius 2 is 1.90 bits per heavy atom. The van der Waals surface area contributed by atoms with Gasteiger partial charge >= 0.3 is 15.5 Å². The molecule has 1 aromatic carbocycles. The molecule has 1 fully saturated rings. The molecule has 166 valence electrons. The molecule has 1 aliphatic heterocycles. The van der Waals surface area contributed by atoms with Gasteiger partial charge in [0.1, 0.15) is 0 Å². The van der Waals surface area contributed by atoms with E-state index in [1.54, 1.807) is 0 Å². The van der Waals surface area contributed by atoms with E-state index >= 15 is 0 Å². The van der Waals surface area contributed by atoms with Crippen molar-refractivity contribution in [3.05, 3.63) is 35.4 Å². The zero-order chi connectivity index (χ0) is 20.8. The molecule has 0 unspecified atom stereocenters. The van der Waals surface area contributed by atoms with E-state index < -0.39 is 15.5 Å². The molecule has 0 radical (unpaired) electrons. The van der Waals surface area contributed by atoms with E-state index in [4.69, 9.17) is 0 Å². The average Bonchev–Trinajstić information content (AvgIpc) is 2.63.